The highest BCUT2D eigenvalue weighted by Gasteiger charge is 2.34. The molecule has 0 unspecified atom stereocenters. The second-order valence-corrected chi connectivity index (χ2v) is 12.8. The standard InChI is InChI=1S/C35H34Cl2N2O6S/c1-7-43-34(41)30-21(5)38-35-39(31(30)24-12-13-27(45-19(2)3)28(17-24)42-6)33(40)29(46-35)16-23-14-25(36)32(26(37)15-23)44-18-22-10-8-20(4)9-11-22/h8-17,19,31H,7,18H2,1-6H3/b29-16-/t31-/m1/s1. The third-order valence-corrected chi connectivity index (χ3v) is 8.75. The molecule has 3 aromatic carbocycles. The van der Waals surface area contributed by atoms with Gasteiger partial charge in [0.1, 0.15) is 6.61 Å². The molecule has 1 aliphatic rings. The second kappa shape index (κ2) is 14.2. The van der Waals surface area contributed by atoms with Gasteiger partial charge < -0.3 is 18.9 Å². The zero-order valence-electron chi connectivity index (χ0n) is 26.4. The average Bonchev–Trinajstić information content (AvgIpc) is 3.30. The van der Waals surface area contributed by atoms with E-state index in [-0.39, 0.29) is 23.8 Å². The maximum absolute atomic E-state index is 14.1. The van der Waals surface area contributed by atoms with Crippen LogP contribution < -0.4 is 29.1 Å². The minimum atomic E-state index is -0.816. The highest BCUT2D eigenvalue weighted by molar-refractivity contribution is 7.07. The highest BCUT2D eigenvalue weighted by Crippen LogP contribution is 2.37. The predicted molar refractivity (Wildman–Crippen MR) is 181 cm³/mol. The van der Waals surface area contributed by atoms with Gasteiger partial charge >= 0.3 is 5.97 Å². The molecule has 46 heavy (non-hydrogen) atoms. The molecule has 5 rings (SSSR count). The van der Waals surface area contributed by atoms with Crippen LogP contribution in [0.2, 0.25) is 10.0 Å². The molecule has 0 fully saturated rings. The van der Waals surface area contributed by atoms with Crippen LogP contribution in [0.4, 0.5) is 0 Å². The lowest BCUT2D eigenvalue weighted by atomic mass is 9.95. The quantitative estimate of drug-likeness (QED) is 0.172. The van der Waals surface area contributed by atoms with Crippen LogP contribution in [0.25, 0.3) is 6.08 Å². The number of aryl methyl sites for hydroxylation is 1. The third kappa shape index (κ3) is 7.02. The van der Waals surface area contributed by atoms with Gasteiger partial charge in [-0.25, -0.2) is 9.79 Å². The Hall–Kier alpha value is -4.05. The SMILES string of the molecule is CCOC(=O)C1=C(C)N=c2s/c(=C\c3cc(Cl)c(OCc4ccc(C)cc4)c(Cl)c3)c(=O)n2[C@@H]1c1ccc(OC(C)C)c(OC)c1. The summed E-state index contributed by atoms with van der Waals surface area (Å²) in [5.41, 5.74) is 3.77. The van der Waals surface area contributed by atoms with Gasteiger partial charge in [0.05, 0.1) is 51.7 Å². The minimum Gasteiger partial charge on any atom is -0.493 e. The van der Waals surface area contributed by atoms with Crippen molar-refractivity contribution in [1.82, 2.24) is 4.57 Å². The summed E-state index contributed by atoms with van der Waals surface area (Å²) >= 11 is 14.4. The van der Waals surface area contributed by atoms with Crippen molar-refractivity contribution in [2.75, 3.05) is 13.7 Å². The molecule has 11 heteroatoms. The van der Waals surface area contributed by atoms with Gasteiger partial charge in [-0.2, -0.15) is 0 Å². The van der Waals surface area contributed by atoms with E-state index in [0.29, 0.717) is 60.1 Å². The lowest BCUT2D eigenvalue weighted by molar-refractivity contribution is -0.139. The number of thiazole rings is 1. The number of esters is 1. The predicted octanol–water partition coefficient (Wildman–Crippen LogP) is 6.79. The summed E-state index contributed by atoms with van der Waals surface area (Å²) in [7, 11) is 1.54. The van der Waals surface area contributed by atoms with Crippen LogP contribution in [0.15, 0.2) is 75.7 Å². The van der Waals surface area contributed by atoms with E-state index < -0.39 is 12.0 Å². The topological polar surface area (TPSA) is 88.4 Å². The van der Waals surface area contributed by atoms with Crippen molar-refractivity contribution in [3.63, 3.8) is 0 Å². The Morgan fingerprint density at radius 2 is 1.74 bits per heavy atom. The Bertz CT molecular complexity index is 1970. The van der Waals surface area contributed by atoms with Crippen LogP contribution in [0, 0.1) is 6.92 Å². The molecule has 1 atom stereocenters. The molecule has 8 nitrogen and oxygen atoms in total. The molecule has 0 bridgehead atoms. The molecule has 0 spiro atoms. The van der Waals surface area contributed by atoms with Crippen LogP contribution in [0.5, 0.6) is 17.2 Å². The van der Waals surface area contributed by atoms with Crippen LogP contribution >= 0.6 is 34.5 Å². The Kier molecular flexibility index (Phi) is 10.3. The molecular weight excluding hydrogens is 647 g/mol. The molecule has 0 saturated heterocycles. The van der Waals surface area contributed by atoms with E-state index in [1.165, 1.54) is 15.9 Å². The Morgan fingerprint density at radius 3 is 2.37 bits per heavy atom. The molecule has 0 radical (unpaired) electrons. The molecule has 0 amide bonds. The molecule has 0 saturated carbocycles. The van der Waals surface area contributed by atoms with Gasteiger partial charge in [0.25, 0.3) is 5.56 Å². The summed E-state index contributed by atoms with van der Waals surface area (Å²) in [5, 5.41) is 0.625. The van der Waals surface area contributed by atoms with Gasteiger partial charge in [0, 0.05) is 0 Å². The lowest BCUT2D eigenvalue weighted by Crippen LogP contribution is -2.40. The molecule has 4 aromatic rings. The number of allylic oxidation sites excluding steroid dienone is 1. The first-order chi connectivity index (χ1) is 22.0. The number of carbonyl (C=O) groups is 1. The van der Waals surface area contributed by atoms with Crippen LogP contribution in [-0.2, 0) is 16.1 Å². The molecule has 1 aliphatic heterocycles. The molecule has 0 aliphatic carbocycles. The number of ether oxygens (including phenoxy) is 4. The zero-order valence-corrected chi connectivity index (χ0v) is 28.7. The van der Waals surface area contributed by atoms with E-state index in [4.69, 9.17) is 42.1 Å². The summed E-state index contributed by atoms with van der Waals surface area (Å²) in [4.78, 5) is 32.5. The van der Waals surface area contributed by atoms with Crippen molar-refractivity contribution in [3.05, 3.63) is 118 Å². The van der Waals surface area contributed by atoms with Gasteiger partial charge in [-0.15, -0.1) is 0 Å². The molecule has 2 heterocycles. The van der Waals surface area contributed by atoms with Gasteiger partial charge in [-0.3, -0.25) is 9.36 Å². The number of benzene rings is 3. The fourth-order valence-electron chi connectivity index (χ4n) is 5.10. The Balaban J connectivity index is 1.57. The summed E-state index contributed by atoms with van der Waals surface area (Å²) in [6.45, 7) is 9.79. The van der Waals surface area contributed by atoms with E-state index in [1.54, 1.807) is 51.3 Å². The van der Waals surface area contributed by atoms with Crippen LogP contribution in [0.3, 0.4) is 0 Å². The average molecular weight is 682 g/mol. The number of aromatic nitrogens is 1. The molecule has 240 valence electrons. The van der Waals surface area contributed by atoms with E-state index in [1.807, 2.05) is 51.1 Å². The third-order valence-electron chi connectivity index (χ3n) is 7.21. The van der Waals surface area contributed by atoms with E-state index >= 15 is 0 Å². The van der Waals surface area contributed by atoms with E-state index in [0.717, 1.165) is 11.1 Å². The summed E-state index contributed by atoms with van der Waals surface area (Å²) in [5.74, 6) is 0.826. The van der Waals surface area contributed by atoms with E-state index in [9.17, 15) is 9.59 Å². The largest absolute Gasteiger partial charge is 0.493 e. The van der Waals surface area contributed by atoms with Gasteiger partial charge in [-0.1, -0.05) is 70.4 Å². The van der Waals surface area contributed by atoms with Crippen molar-refractivity contribution in [2.45, 2.75) is 53.4 Å². The zero-order chi connectivity index (χ0) is 33.1. The number of halogens is 2. The number of methoxy groups -OCH3 is 1. The Labute approximate surface area is 281 Å². The number of fused-ring (bicyclic) bond motifs is 1. The number of hydrogen-bond donors (Lipinski definition) is 0. The van der Waals surface area contributed by atoms with Gasteiger partial charge in [0.2, 0.25) is 0 Å². The number of carbonyl (C=O) groups excluding carboxylic acids is 1. The second-order valence-electron chi connectivity index (χ2n) is 11.0. The summed E-state index contributed by atoms with van der Waals surface area (Å²) < 4.78 is 24.8. The van der Waals surface area contributed by atoms with Crippen LogP contribution in [-0.4, -0.2) is 30.4 Å². The van der Waals surface area contributed by atoms with E-state index in [2.05, 4.69) is 4.99 Å². The number of hydrogen-bond acceptors (Lipinski definition) is 8. The lowest BCUT2D eigenvalue weighted by Gasteiger charge is -2.25. The maximum atomic E-state index is 14.1. The highest BCUT2D eigenvalue weighted by atomic mass is 35.5. The number of rotatable bonds is 10. The molecule has 1 aromatic heterocycles. The van der Waals surface area contributed by atoms with Crippen molar-refractivity contribution in [2.24, 2.45) is 4.99 Å². The van der Waals surface area contributed by atoms with Gasteiger partial charge in [0.15, 0.2) is 22.0 Å². The monoisotopic (exact) mass is 680 g/mol. The first kappa shape index (κ1) is 33.3. The fraction of sp³-hybridized carbons (Fsp3) is 0.286. The van der Waals surface area contributed by atoms with Crippen molar-refractivity contribution >= 4 is 46.6 Å². The molecule has 0 N–H and O–H groups in total. The first-order valence-electron chi connectivity index (χ1n) is 14.7. The summed E-state index contributed by atoms with van der Waals surface area (Å²) in [6, 6.07) is 15.9. The van der Waals surface area contributed by atoms with Gasteiger partial charge in [-0.05, 0) is 81.7 Å². The number of nitrogens with zero attached hydrogens (tertiary/aromatic N) is 2. The van der Waals surface area contributed by atoms with Crippen LogP contribution in [0.1, 0.15) is 56.0 Å². The minimum absolute atomic E-state index is 0.0783. The normalized spacial score (nSPS) is 14.6. The summed E-state index contributed by atoms with van der Waals surface area (Å²) in [6.07, 6.45) is 1.62. The fourth-order valence-corrected chi connectivity index (χ4v) is 6.76. The van der Waals surface area contributed by atoms with Crippen molar-refractivity contribution in [3.8, 4) is 17.2 Å². The molecular formula is C35H34Cl2N2O6S. The first-order valence-corrected chi connectivity index (χ1v) is 16.3. The maximum Gasteiger partial charge on any atom is 0.338 e. The smallest absolute Gasteiger partial charge is 0.338 e. The Morgan fingerprint density at radius 1 is 1.04 bits per heavy atom. The van der Waals surface area contributed by atoms with Crippen molar-refractivity contribution in [1.29, 1.82) is 0 Å². The van der Waals surface area contributed by atoms with Crippen molar-refractivity contribution < 1.29 is 23.7 Å².